The number of benzene rings is 1. The van der Waals surface area contributed by atoms with Gasteiger partial charge in [-0.25, -0.2) is 0 Å². The standard InChI is InChI=1S/C15H18BrNO/c16-13-7-11(3-4-14(13)17)15(18)8-12-6-9-1-2-10(12)5-9/h3-4,7,9-10,12H,1-2,5-6,8,17H2. The Hall–Kier alpha value is -0.830. The maximum atomic E-state index is 12.3. The van der Waals surface area contributed by atoms with Gasteiger partial charge in [-0.1, -0.05) is 6.42 Å². The van der Waals surface area contributed by atoms with Crippen molar-refractivity contribution in [2.24, 2.45) is 17.8 Å². The molecule has 3 atom stereocenters. The Balaban J connectivity index is 1.69. The summed E-state index contributed by atoms with van der Waals surface area (Å²) in [6.45, 7) is 0. The van der Waals surface area contributed by atoms with Gasteiger partial charge in [0.15, 0.2) is 5.78 Å². The molecule has 0 spiro atoms. The van der Waals surface area contributed by atoms with Crippen molar-refractivity contribution >= 4 is 27.4 Å². The van der Waals surface area contributed by atoms with Crippen molar-refractivity contribution in [2.45, 2.75) is 32.1 Å². The van der Waals surface area contributed by atoms with Crippen LogP contribution in [0.25, 0.3) is 0 Å². The van der Waals surface area contributed by atoms with Gasteiger partial charge in [-0.2, -0.15) is 0 Å². The predicted molar refractivity (Wildman–Crippen MR) is 76.4 cm³/mol. The van der Waals surface area contributed by atoms with E-state index in [1.165, 1.54) is 25.7 Å². The molecule has 2 fully saturated rings. The van der Waals surface area contributed by atoms with E-state index in [2.05, 4.69) is 15.9 Å². The van der Waals surface area contributed by atoms with Crippen LogP contribution >= 0.6 is 15.9 Å². The van der Waals surface area contributed by atoms with E-state index in [1.54, 1.807) is 6.07 Å². The van der Waals surface area contributed by atoms with Gasteiger partial charge in [-0.15, -0.1) is 0 Å². The number of halogens is 1. The van der Waals surface area contributed by atoms with E-state index in [0.717, 1.165) is 28.3 Å². The van der Waals surface area contributed by atoms with Crippen molar-refractivity contribution in [1.82, 2.24) is 0 Å². The lowest BCUT2D eigenvalue weighted by Crippen LogP contribution is -2.15. The third kappa shape index (κ3) is 2.20. The molecule has 1 aromatic carbocycles. The van der Waals surface area contributed by atoms with Crippen LogP contribution in [-0.4, -0.2) is 5.78 Å². The number of nitrogen functional groups attached to an aromatic ring is 1. The summed E-state index contributed by atoms with van der Waals surface area (Å²) >= 11 is 3.38. The van der Waals surface area contributed by atoms with E-state index in [1.807, 2.05) is 12.1 Å². The molecule has 0 radical (unpaired) electrons. The van der Waals surface area contributed by atoms with Crippen LogP contribution in [0.4, 0.5) is 5.69 Å². The van der Waals surface area contributed by atoms with Crippen LogP contribution in [0.5, 0.6) is 0 Å². The quantitative estimate of drug-likeness (QED) is 0.676. The minimum atomic E-state index is 0.272. The topological polar surface area (TPSA) is 43.1 Å². The molecule has 0 aromatic heterocycles. The van der Waals surface area contributed by atoms with E-state index < -0.39 is 0 Å². The Labute approximate surface area is 116 Å². The fourth-order valence-corrected chi connectivity index (χ4v) is 4.06. The molecular formula is C15H18BrNO. The molecule has 0 heterocycles. The average Bonchev–Trinajstić information content (AvgIpc) is 2.94. The maximum absolute atomic E-state index is 12.3. The molecule has 2 aliphatic rings. The van der Waals surface area contributed by atoms with Crippen LogP contribution < -0.4 is 5.73 Å². The normalized spacial score (nSPS) is 29.7. The number of carbonyl (C=O) groups is 1. The van der Waals surface area contributed by atoms with Crippen molar-refractivity contribution in [1.29, 1.82) is 0 Å². The number of hydrogen-bond acceptors (Lipinski definition) is 2. The SMILES string of the molecule is Nc1ccc(C(=O)CC2CC3CCC2C3)cc1Br. The molecule has 0 amide bonds. The first-order valence-electron chi connectivity index (χ1n) is 6.71. The summed E-state index contributed by atoms with van der Waals surface area (Å²) in [5.74, 6) is 2.63. The fraction of sp³-hybridized carbons (Fsp3) is 0.533. The zero-order chi connectivity index (χ0) is 12.7. The number of rotatable bonds is 3. The molecular weight excluding hydrogens is 290 g/mol. The lowest BCUT2D eigenvalue weighted by molar-refractivity contribution is 0.0944. The van der Waals surface area contributed by atoms with Gasteiger partial charge in [0.05, 0.1) is 0 Å². The molecule has 2 saturated carbocycles. The van der Waals surface area contributed by atoms with Crippen LogP contribution in [0.1, 0.15) is 42.5 Å². The Kier molecular flexibility index (Phi) is 3.18. The third-order valence-electron chi connectivity index (χ3n) is 4.65. The molecule has 2 nitrogen and oxygen atoms in total. The van der Waals surface area contributed by atoms with Gasteiger partial charge in [0, 0.05) is 22.1 Å². The molecule has 2 N–H and O–H groups in total. The lowest BCUT2D eigenvalue weighted by atomic mass is 9.84. The average molecular weight is 308 g/mol. The Bertz CT molecular complexity index is 485. The van der Waals surface area contributed by atoms with Crippen LogP contribution in [0.15, 0.2) is 22.7 Å². The molecule has 2 bridgehead atoms. The van der Waals surface area contributed by atoms with E-state index in [9.17, 15) is 4.79 Å². The van der Waals surface area contributed by atoms with E-state index >= 15 is 0 Å². The first-order valence-corrected chi connectivity index (χ1v) is 7.51. The molecule has 96 valence electrons. The Morgan fingerprint density at radius 2 is 2.17 bits per heavy atom. The highest BCUT2D eigenvalue weighted by atomic mass is 79.9. The highest BCUT2D eigenvalue weighted by Gasteiger charge is 2.40. The highest BCUT2D eigenvalue weighted by molar-refractivity contribution is 9.10. The largest absolute Gasteiger partial charge is 0.398 e. The number of nitrogens with two attached hydrogens (primary N) is 1. The molecule has 18 heavy (non-hydrogen) atoms. The third-order valence-corrected chi connectivity index (χ3v) is 5.34. The van der Waals surface area contributed by atoms with Crippen LogP contribution in [-0.2, 0) is 0 Å². The number of hydrogen-bond donors (Lipinski definition) is 1. The van der Waals surface area contributed by atoms with Crippen molar-refractivity contribution in [2.75, 3.05) is 5.73 Å². The van der Waals surface area contributed by atoms with Gasteiger partial charge in [-0.3, -0.25) is 4.79 Å². The van der Waals surface area contributed by atoms with Gasteiger partial charge in [0.2, 0.25) is 0 Å². The highest BCUT2D eigenvalue weighted by Crippen LogP contribution is 2.49. The molecule has 1 aromatic rings. The maximum Gasteiger partial charge on any atom is 0.163 e. The zero-order valence-corrected chi connectivity index (χ0v) is 11.9. The minimum absolute atomic E-state index is 0.272. The first-order chi connectivity index (χ1) is 8.63. The summed E-state index contributed by atoms with van der Waals surface area (Å²) < 4.78 is 0.821. The van der Waals surface area contributed by atoms with Gasteiger partial charge in [0.1, 0.15) is 0 Å². The summed E-state index contributed by atoms with van der Waals surface area (Å²) in [7, 11) is 0. The van der Waals surface area contributed by atoms with Crippen LogP contribution in [0.3, 0.4) is 0 Å². The Morgan fingerprint density at radius 1 is 1.33 bits per heavy atom. The molecule has 3 heteroatoms. The van der Waals surface area contributed by atoms with Crippen LogP contribution in [0, 0.1) is 17.8 Å². The van der Waals surface area contributed by atoms with Crippen molar-refractivity contribution < 1.29 is 4.79 Å². The minimum Gasteiger partial charge on any atom is -0.398 e. The number of fused-ring (bicyclic) bond motifs is 2. The van der Waals surface area contributed by atoms with Gasteiger partial charge >= 0.3 is 0 Å². The van der Waals surface area contributed by atoms with Crippen molar-refractivity contribution in [3.8, 4) is 0 Å². The lowest BCUT2D eigenvalue weighted by Gasteiger charge is -2.20. The molecule has 3 unspecified atom stereocenters. The summed E-state index contributed by atoms with van der Waals surface area (Å²) in [4.78, 5) is 12.3. The van der Waals surface area contributed by atoms with E-state index in [-0.39, 0.29) is 5.78 Å². The van der Waals surface area contributed by atoms with Crippen LogP contribution in [0.2, 0.25) is 0 Å². The number of ketones is 1. The second-order valence-electron chi connectivity index (χ2n) is 5.80. The number of Topliss-reactive ketones (excluding diaryl/α,β-unsaturated/α-hetero) is 1. The predicted octanol–water partition coefficient (Wildman–Crippen LogP) is 4.04. The monoisotopic (exact) mass is 307 g/mol. The Morgan fingerprint density at radius 3 is 2.78 bits per heavy atom. The first kappa shape index (κ1) is 12.2. The number of carbonyl (C=O) groups excluding carboxylic acids is 1. The molecule has 0 aliphatic heterocycles. The molecule has 3 rings (SSSR count). The van der Waals surface area contributed by atoms with Crippen molar-refractivity contribution in [3.63, 3.8) is 0 Å². The van der Waals surface area contributed by atoms with Gasteiger partial charge < -0.3 is 5.73 Å². The van der Waals surface area contributed by atoms with Gasteiger partial charge in [0.25, 0.3) is 0 Å². The molecule has 2 aliphatic carbocycles. The van der Waals surface area contributed by atoms with Gasteiger partial charge in [-0.05, 0) is 71.1 Å². The van der Waals surface area contributed by atoms with Crippen molar-refractivity contribution in [3.05, 3.63) is 28.2 Å². The summed E-state index contributed by atoms with van der Waals surface area (Å²) in [6, 6.07) is 5.50. The second kappa shape index (κ2) is 4.69. The van der Waals surface area contributed by atoms with E-state index in [0.29, 0.717) is 11.6 Å². The molecule has 0 saturated heterocycles. The number of anilines is 1. The van der Waals surface area contributed by atoms with E-state index in [4.69, 9.17) is 5.73 Å². The summed E-state index contributed by atoms with van der Waals surface area (Å²) in [5, 5.41) is 0. The summed E-state index contributed by atoms with van der Waals surface area (Å²) in [6.07, 6.45) is 6.09. The zero-order valence-electron chi connectivity index (χ0n) is 10.4. The fourth-order valence-electron chi connectivity index (χ4n) is 3.68. The second-order valence-corrected chi connectivity index (χ2v) is 6.65. The summed E-state index contributed by atoms with van der Waals surface area (Å²) in [5.41, 5.74) is 7.22. The smallest absolute Gasteiger partial charge is 0.163 e.